The first-order chi connectivity index (χ1) is 14.3. The summed E-state index contributed by atoms with van der Waals surface area (Å²) in [6.07, 6.45) is 0. The molecule has 0 N–H and O–H groups in total. The first-order valence-electron chi connectivity index (χ1n) is 9.42. The number of rotatable bonds is 3. The summed E-state index contributed by atoms with van der Waals surface area (Å²) in [5.41, 5.74) is 2.47. The highest BCUT2D eigenvalue weighted by atomic mass is 16.6. The third-order valence-electron chi connectivity index (χ3n) is 4.78. The molecular weight excluding hydrogens is 366 g/mol. The van der Waals surface area contributed by atoms with E-state index in [1.54, 1.807) is 7.11 Å². The van der Waals surface area contributed by atoms with Crippen molar-refractivity contribution < 1.29 is 18.6 Å². The van der Waals surface area contributed by atoms with E-state index < -0.39 is 0 Å². The minimum Gasteiger partial charge on any atom is -0.497 e. The number of hydrogen-bond donors (Lipinski definition) is 0. The Bertz CT molecular complexity index is 1240. The van der Waals surface area contributed by atoms with Gasteiger partial charge < -0.3 is 18.6 Å². The maximum atomic E-state index is 6.22. The molecule has 0 amide bonds. The van der Waals surface area contributed by atoms with Gasteiger partial charge in [-0.15, -0.1) is 0 Å². The average Bonchev–Trinajstić information content (AvgIpc) is 2.79. The molecule has 1 aliphatic rings. The number of fused-ring (bicyclic) bond motifs is 2. The minimum absolute atomic E-state index is 0.539. The van der Waals surface area contributed by atoms with Crippen LogP contribution in [0.15, 0.2) is 82.2 Å². The Morgan fingerprint density at radius 1 is 0.828 bits per heavy atom. The highest BCUT2D eigenvalue weighted by Gasteiger charge is 2.14. The van der Waals surface area contributed by atoms with Crippen LogP contribution in [-0.2, 0) is 0 Å². The van der Waals surface area contributed by atoms with Crippen molar-refractivity contribution >= 4 is 16.7 Å². The summed E-state index contributed by atoms with van der Waals surface area (Å²) >= 11 is 0. The number of ether oxygens (including phenoxy) is 3. The second-order valence-electron chi connectivity index (χ2n) is 6.66. The lowest BCUT2D eigenvalue weighted by Gasteiger charge is -2.18. The SMILES string of the molecule is COc1ccc2c(=Nc3ccccc3)cc(-c3ccc4c(c3)OCCO4)oc2c1. The molecule has 0 atom stereocenters. The number of benzene rings is 3. The second kappa shape index (κ2) is 7.36. The van der Waals surface area contributed by atoms with Crippen molar-refractivity contribution in [3.05, 3.63) is 78.2 Å². The van der Waals surface area contributed by atoms with Crippen LogP contribution in [0.3, 0.4) is 0 Å². The molecule has 1 aromatic heterocycles. The fourth-order valence-corrected chi connectivity index (χ4v) is 3.35. The highest BCUT2D eigenvalue weighted by molar-refractivity contribution is 5.80. The monoisotopic (exact) mass is 385 g/mol. The van der Waals surface area contributed by atoms with Gasteiger partial charge in [0.15, 0.2) is 11.5 Å². The lowest BCUT2D eigenvalue weighted by Crippen LogP contribution is -2.15. The van der Waals surface area contributed by atoms with Gasteiger partial charge in [0.1, 0.15) is 30.3 Å². The van der Waals surface area contributed by atoms with E-state index in [4.69, 9.17) is 23.6 Å². The van der Waals surface area contributed by atoms with Crippen LogP contribution < -0.4 is 19.6 Å². The Morgan fingerprint density at radius 3 is 2.48 bits per heavy atom. The summed E-state index contributed by atoms with van der Waals surface area (Å²) < 4.78 is 22.9. The quantitative estimate of drug-likeness (QED) is 0.492. The molecule has 0 spiro atoms. The van der Waals surface area contributed by atoms with Gasteiger partial charge in [-0.3, -0.25) is 0 Å². The lowest BCUT2D eigenvalue weighted by atomic mass is 10.1. The molecule has 5 rings (SSSR count). The average molecular weight is 385 g/mol. The molecule has 0 saturated heterocycles. The van der Waals surface area contributed by atoms with Crippen molar-refractivity contribution in [3.63, 3.8) is 0 Å². The lowest BCUT2D eigenvalue weighted by molar-refractivity contribution is 0.171. The van der Waals surface area contributed by atoms with E-state index in [-0.39, 0.29) is 0 Å². The number of hydrogen-bond acceptors (Lipinski definition) is 5. The largest absolute Gasteiger partial charge is 0.497 e. The molecule has 5 heteroatoms. The van der Waals surface area contributed by atoms with Crippen molar-refractivity contribution in [1.29, 1.82) is 0 Å². The van der Waals surface area contributed by atoms with Crippen LogP contribution in [0.2, 0.25) is 0 Å². The van der Waals surface area contributed by atoms with E-state index in [2.05, 4.69) is 0 Å². The van der Waals surface area contributed by atoms with Gasteiger partial charge in [-0.25, -0.2) is 4.99 Å². The zero-order valence-corrected chi connectivity index (χ0v) is 15.9. The Labute approximate surface area is 167 Å². The van der Waals surface area contributed by atoms with E-state index in [1.807, 2.05) is 72.8 Å². The maximum Gasteiger partial charge on any atom is 0.162 e. The first kappa shape index (κ1) is 17.4. The van der Waals surface area contributed by atoms with Gasteiger partial charge in [0, 0.05) is 23.1 Å². The van der Waals surface area contributed by atoms with Gasteiger partial charge in [0.05, 0.1) is 18.2 Å². The van der Waals surface area contributed by atoms with Crippen LogP contribution in [0.4, 0.5) is 5.69 Å². The normalized spacial score (nSPS) is 13.5. The molecule has 5 nitrogen and oxygen atoms in total. The Kier molecular flexibility index (Phi) is 4.41. The van der Waals surface area contributed by atoms with E-state index in [9.17, 15) is 0 Å². The third kappa shape index (κ3) is 3.43. The molecule has 0 radical (unpaired) electrons. The van der Waals surface area contributed by atoms with Gasteiger partial charge in [-0.05, 0) is 42.5 Å². The summed E-state index contributed by atoms with van der Waals surface area (Å²) in [4.78, 5) is 4.84. The molecule has 0 unspecified atom stereocenters. The smallest absolute Gasteiger partial charge is 0.162 e. The van der Waals surface area contributed by atoms with Gasteiger partial charge in [-0.1, -0.05) is 18.2 Å². The molecule has 0 aliphatic carbocycles. The standard InChI is InChI=1S/C24H19NO4/c1-26-18-8-9-19-20(25-17-5-3-2-4-6-17)15-22(29-23(19)14-18)16-7-10-21-24(13-16)28-12-11-27-21/h2-10,13-15H,11-12H2,1H3. The van der Waals surface area contributed by atoms with Crippen molar-refractivity contribution in [2.24, 2.45) is 4.99 Å². The molecule has 3 aromatic carbocycles. The van der Waals surface area contributed by atoms with Gasteiger partial charge >= 0.3 is 0 Å². The maximum absolute atomic E-state index is 6.22. The zero-order valence-electron chi connectivity index (χ0n) is 15.9. The molecular formula is C24H19NO4. The Morgan fingerprint density at radius 2 is 1.66 bits per heavy atom. The van der Waals surface area contributed by atoms with Crippen LogP contribution in [-0.4, -0.2) is 20.3 Å². The van der Waals surface area contributed by atoms with Gasteiger partial charge in [0.2, 0.25) is 0 Å². The Balaban J connectivity index is 1.73. The first-order valence-corrected chi connectivity index (χ1v) is 9.42. The molecule has 4 aromatic rings. The van der Waals surface area contributed by atoms with Crippen LogP contribution in [0, 0.1) is 0 Å². The van der Waals surface area contributed by atoms with Crippen LogP contribution in [0.25, 0.3) is 22.3 Å². The fraction of sp³-hybridized carbons (Fsp3) is 0.125. The molecule has 29 heavy (non-hydrogen) atoms. The summed E-state index contributed by atoms with van der Waals surface area (Å²) in [5, 5.41) is 1.74. The third-order valence-corrected chi connectivity index (χ3v) is 4.78. The van der Waals surface area contributed by atoms with Crippen molar-refractivity contribution in [2.75, 3.05) is 20.3 Å². The summed E-state index contributed by atoms with van der Waals surface area (Å²) in [7, 11) is 1.64. The van der Waals surface area contributed by atoms with Crippen molar-refractivity contribution in [1.82, 2.24) is 0 Å². The van der Waals surface area contributed by atoms with Crippen LogP contribution in [0.5, 0.6) is 17.2 Å². The topological polar surface area (TPSA) is 53.2 Å². The van der Waals surface area contributed by atoms with Crippen LogP contribution in [0.1, 0.15) is 0 Å². The number of para-hydroxylation sites is 1. The number of methoxy groups -OCH3 is 1. The molecule has 1 aliphatic heterocycles. The van der Waals surface area contributed by atoms with E-state index in [1.165, 1.54) is 0 Å². The molecule has 0 fully saturated rings. The summed E-state index contributed by atoms with van der Waals surface area (Å²) in [6.45, 7) is 1.10. The second-order valence-corrected chi connectivity index (χ2v) is 6.66. The zero-order chi connectivity index (χ0) is 19.6. The predicted molar refractivity (Wildman–Crippen MR) is 111 cm³/mol. The summed E-state index contributed by atoms with van der Waals surface area (Å²) in [5.74, 6) is 2.89. The fourth-order valence-electron chi connectivity index (χ4n) is 3.35. The number of nitrogens with zero attached hydrogens (tertiary/aromatic N) is 1. The van der Waals surface area contributed by atoms with E-state index in [0.29, 0.717) is 24.6 Å². The summed E-state index contributed by atoms with van der Waals surface area (Å²) in [6, 6.07) is 23.4. The van der Waals surface area contributed by atoms with Crippen molar-refractivity contribution in [2.45, 2.75) is 0 Å². The van der Waals surface area contributed by atoms with Gasteiger partial charge in [0.25, 0.3) is 0 Å². The molecule has 144 valence electrons. The molecule has 0 saturated carbocycles. The molecule has 0 bridgehead atoms. The van der Waals surface area contributed by atoms with Gasteiger partial charge in [-0.2, -0.15) is 0 Å². The van der Waals surface area contributed by atoms with E-state index >= 15 is 0 Å². The van der Waals surface area contributed by atoms with Crippen molar-refractivity contribution in [3.8, 4) is 28.6 Å². The predicted octanol–water partition coefficient (Wildman–Crippen LogP) is 5.11. The highest BCUT2D eigenvalue weighted by Crippen LogP contribution is 2.35. The van der Waals surface area contributed by atoms with E-state index in [0.717, 1.165) is 39.2 Å². The molecule has 2 heterocycles. The van der Waals surface area contributed by atoms with Crippen LogP contribution >= 0.6 is 0 Å². The minimum atomic E-state index is 0.539. The Hall–Kier alpha value is -3.73.